The van der Waals surface area contributed by atoms with E-state index in [1.807, 2.05) is 42.5 Å². The highest BCUT2D eigenvalue weighted by Crippen LogP contribution is 2.31. The first-order valence-electron chi connectivity index (χ1n) is 8.06. The van der Waals surface area contributed by atoms with Crippen LogP contribution in [-0.2, 0) is 11.2 Å². The fourth-order valence-corrected chi connectivity index (χ4v) is 3.69. The monoisotopic (exact) mass is 386 g/mol. The Labute approximate surface area is 159 Å². The smallest absolute Gasteiger partial charge is 0.270 e. The van der Waals surface area contributed by atoms with Crippen molar-refractivity contribution < 1.29 is 14.3 Å². The lowest BCUT2D eigenvalue weighted by molar-refractivity contribution is -0.125. The van der Waals surface area contributed by atoms with E-state index in [0.717, 1.165) is 10.4 Å². The van der Waals surface area contributed by atoms with Gasteiger partial charge in [0.1, 0.15) is 6.61 Å². The van der Waals surface area contributed by atoms with Gasteiger partial charge in [-0.25, -0.2) is 4.98 Å². The van der Waals surface area contributed by atoms with Gasteiger partial charge in [0.05, 0.1) is 0 Å². The van der Waals surface area contributed by atoms with Crippen molar-refractivity contribution in [2.75, 3.05) is 11.9 Å². The number of nitrogens with one attached hydrogen (secondary N) is 1. The molecule has 0 saturated carbocycles. The molecule has 26 heavy (non-hydrogen) atoms. The fourth-order valence-electron chi connectivity index (χ4n) is 2.63. The quantitative estimate of drug-likeness (QED) is 0.731. The number of hydrogen-bond donors (Lipinski definition) is 1. The van der Waals surface area contributed by atoms with E-state index < -0.39 is 6.10 Å². The minimum Gasteiger partial charge on any atom is -0.485 e. The molecule has 0 bridgehead atoms. The molecule has 5 nitrogen and oxygen atoms in total. The van der Waals surface area contributed by atoms with Gasteiger partial charge in [-0.1, -0.05) is 35.9 Å². The first-order chi connectivity index (χ1) is 12.7. The first kappa shape index (κ1) is 16.9. The molecule has 1 aliphatic heterocycles. The number of nitrogens with zero attached hydrogens (tertiary/aromatic N) is 1. The molecule has 0 saturated heterocycles. The Bertz CT molecular complexity index is 944. The first-order valence-corrected chi connectivity index (χ1v) is 9.25. The van der Waals surface area contributed by atoms with Crippen molar-refractivity contribution in [2.24, 2.45) is 0 Å². The molecule has 3 aromatic rings. The molecule has 4 rings (SSSR count). The molecule has 0 spiro atoms. The van der Waals surface area contributed by atoms with E-state index in [1.54, 1.807) is 12.3 Å². The number of benzene rings is 2. The summed E-state index contributed by atoms with van der Waals surface area (Å²) in [7, 11) is 0. The zero-order valence-corrected chi connectivity index (χ0v) is 15.2. The molecule has 1 aromatic heterocycles. The number of para-hydroxylation sites is 2. The molecule has 2 aromatic carbocycles. The zero-order chi connectivity index (χ0) is 17.9. The second-order valence-corrected chi connectivity index (χ2v) is 7.34. The average Bonchev–Trinajstić information content (AvgIpc) is 3.08. The number of carbonyl (C=O) groups excluding carboxylic acids is 1. The summed E-state index contributed by atoms with van der Waals surface area (Å²) >= 11 is 7.44. The van der Waals surface area contributed by atoms with Crippen molar-refractivity contribution in [3.63, 3.8) is 0 Å². The molecule has 132 valence electrons. The Morgan fingerprint density at radius 2 is 2.08 bits per heavy atom. The minimum absolute atomic E-state index is 0.170. The second kappa shape index (κ2) is 7.35. The number of ether oxygens (including phenoxy) is 2. The maximum absolute atomic E-state index is 12.4. The van der Waals surface area contributed by atoms with Gasteiger partial charge in [-0.3, -0.25) is 10.1 Å². The molecule has 1 N–H and O–H groups in total. The summed E-state index contributed by atoms with van der Waals surface area (Å²) in [6, 6.07) is 15.0. The number of rotatable bonds is 4. The summed E-state index contributed by atoms with van der Waals surface area (Å²) in [5.74, 6) is 0.942. The fraction of sp³-hybridized carbons (Fsp3) is 0.158. The summed E-state index contributed by atoms with van der Waals surface area (Å²) < 4.78 is 11.3. The van der Waals surface area contributed by atoms with E-state index in [1.165, 1.54) is 11.3 Å². The highest BCUT2D eigenvalue weighted by Gasteiger charge is 2.27. The lowest BCUT2D eigenvalue weighted by Crippen LogP contribution is -2.40. The molecule has 1 unspecified atom stereocenters. The van der Waals surface area contributed by atoms with E-state index >= 15 is 0 Å². The molecule has 0 radical (unpaired) electrons. The predicted molar refractivity (Wildman–Crippen MR) is 101 cm³/mol. The van der Waals surface area contributed by atoms with Gasteiger partial charge in [-0.2, -0.15) is 0 Å². The van der Waals surface area contributed by atoms with E-state index in [-0.39, 0.29) is 12.5 Å². The molecule has 1 atom stereocenters. The normalized spacial score (nSPS) is 15.5. The summed E-state index contributed by atoms with van der Waals surface area (Å²) in [6.45, 7) is 0.170. The Balaban J connectivity index is 1.39. The maximum atomic E-state index is 12.4. The van der Waals surface area contributed by atoms with Crippen molar-refractivity contribution in [3.8, 4) is 11.5 Å². The standard InChI is InChI=1S/C19H15ClN2O3S/c20-13-5-3-4-12(8-13)9-14-10-21-19(26-14)22-18(23)17-11-24-15-6-1-2-7-16(15)25-17/h1-8,10,17H,9,11H2,(H,21,22,23). The van der Waals surface area contributed by atoms with Gasteiger partial charge in [0.15, 0.2) is 16.6 Å². The minimum atomic E-state index is -0.704. The largest absolute Gasteiger partial charge is 0.485 e. The van der Waals surface area contributed by atoms with Gasteiger partial charge < -0.3 is 9.47 Å². The highest BCUT2D eigenvalue weighted by atomic mass is 35.5. The average molecular weight is 387 g/mol. The van der Waals surface area contributed by atoms with Crippen LogP contribution in [0.15, 0.2) is 54.7 Å². The molecule has 7 heteroatoms. The van der Waals surface area contributed by atoms with Crippen LogP contribution in [0.2, 0.25) is 5.02 Å². The Kier molecular flexibility index (Phi) is 4.77. The van der Waals surface area contributed by atoms with Crippen molar-refractivity contribution in [1.82, 2.24) is 4.98 Å². The zero-order valence-electron chi connectivity index (χ0n) is 13.6. The van der Waals surface area contributed by atoms with Gasteiger partial charge in [-0.15, -0.1) is 11.3 Å². The summed E-state index contributed by atoms with van der Waals surface area (Å²) in [5, 5.41) is 4.04. The van der Waals surface area contributed by atoms with Crippen LogP contribution < -0.4 is 14.8 Å². The SMILES string of the molecule is O=C(Nc1ncc(Cc2cccc(Cl)c2)s1)C1COc2ccccc2O1. The van der Waals surface area contributed by atoms with E-state index in [0.29, 0.717) is 28.1 Å². The molecular weight excluding hydrogens is 372 g/mol. The Morgan fingerprint density at radius 1 is 1.23 bits per heavy atom. The van der Waals surface area contributed by atoms with E-state index in [4.69, 9.17) is 21.1 Å². The number of aromatic nitrogens is 1. The summed E-state index contributed by atoms with van der Waals surface area (Å²) in [4.78, 5) is 17.7. The van der Waals surface area contributed by atoms with Crippen LogP contribution in [0.4, 0.5) is 5.13 Å². The number of amides is 1. The van der Waals surface area contributed by atoms with Gasteiger partial charge >= 0.3 is 0 Å². The van der Waals surface area contributed by atoms with Crippen molar-refractivity contribution in [2.45, 2.75) is 12.5 Å². The van der Waals surface area contributed by atoms with Crippen LogP contribution in [0.1, 0.15) is 10.4 Å². The number of halogens is 1. The van der Waals surface area contributed by atoms with Crippen molar-refractivity contribution in [1.29, 1.82) is 0 Å². The second-order valence-electron chi connectivity index (χ2n) is 5.79. The van der Waals surface area contributed by atoms with Crippen LogP contribution in [0, 0.1) is 0 Å². The van der Waals surface area contributed by atoms with Crippen LogP contribution in [0.25, 0.3) is 0 Å². The Hall–Kier alpha value is -2.57. The van der Waals surface area contributed by atoms with Crippen LogP contribution in [-0.4, -0.2) is 23.6 Å². The van der Waals surface area contributed by atoms with E-state index in [2.05, 4.69) is 10.3 Å². The van der Waals surface area contributed by atoms with Crippen LogP contribution in [0.5, 0.6) is 11.5 Å². The molecular formula is C19H15ClN2O3S. The highest BCUT2D eigenvalue weighted by molar-refractivity contribution is 7.15. The van der Waals surface area contributed by atoms with E-state index in [9.17, 15) is 4.79 Å². The van der Waals surface area contributed by atoms with Crippen LogP contribution >= 0.6 is 22.9 Å². The van der Waals surface area contributed by atoms with Gasteiger partial charge in [0.25, 0.3) is 5.91 Å². The van der Waals surface area contributed by atoms with Crippen molar-refractivity contribution >= 4 is 34.0 Å². The lowest BCUT2D eigenvalue weighted by atomic mass is 10.1. The third-order valence-electron chi connectivity index (χ3n) is 3.85. The number of fused-ring (bicyclic) bond motifs is 1. The van der Waals surface area contributed by atoms with Gasteiger partial charge in [0, 0.05) is 22.5 Å². The predicted octanol–water partition coefficient (Wildman–Crippen LogP) is 4.17. The number of hydrogen-bond acceptors (Lipinski definition) is 5. The lowest BCUT2D eigenvalue weighted by Gasteiger charge is -2.25. The number of thiazole rings is 1. The van der Waals surface area contributed by atoms with Crippen molar-refractivity contribution in [3.05, 3.63) is 70.2 Å². The summed E-state index contributed by atoms with van der Waals surface area (Å²) in [6.07, 6.45) is 1.77. The number of carbonyl (C=O) groups is 1. The summed E-state index contributed by atoms with van der Waals surface area (Å²) in [5.41, 5.74) is 1.10. The number of anilines is 1. The molecule has 2 heterocycles. The third kappa shape index (κ3) is 3.81. The maximum Gasteiger partial charge on any atom is 0.270 e. The van der Waals surface area contributed by atoms with Crippen LogP contribution in [0.3, 0.4) is 0 Å². The molecule has 0 fully saturated rings. The molecule has 1 aliphatic rings. The Morgan fingerprint density at radius 3 is 2.92 bits per heavy atom. The van der Waals surface area contributed by atoms with Gasteiger partial charge in [0.2, 0.25) is 6.10 Å². The third-order valence-corrected chi connectivity index (χ3v) is 5.00. The molecule has 1 amide bonds. The molecule has 0 aliphatic carbocycles. The van der Waals surface area contributed by atoms with Gasteiger partial charge in [-0.05, 0) is 29.8 Å². The topological polar surface area (TPSA) is 60.5 Å².